The molecule has 0 saturated carbocycles. The molecule has 0 aliphatic rings. The number of anilines is 2. The van der Waals surface area contributed by atoms with E-state index in [-0.39, 0.29) is 16.4 Å². The molecule has 0 saturated heterocycles. The number of carbonyl (C=O) groups excluding carboxylic acids is 1. The van der Waals surface area contributed by atoms with Crippen molar-refractivity contribution < 1.29 is 22.9 Å². The standard InChI is InChI=1S/C11H7F3N4O2S/c12-11(13,14)7-9(18-20)21-10(16-7)17-8(19)5-3-1-2-4-6(5)15/h1-4H,15H2,(H,16,17,19)/p+1. The summed E-state index contributed by atoms with van der Waals surface area (Å²) in [6.07, 6.45) is -4.77. The molecule has 21 heavy (non-hydrogen) atoms. The number of aromatic amines is 1. The SMILES string of the molecule is Nc1ccccc1C(=O)Nc1[nH+]c(C(F)(F)F)c(N=O)s1. The Labute approximate surface area is 119 Å². The van der Waals surface area contributed by atoms with E-state index < -0.39 is 22.8 Å². The van der Waals surface area contributed by atoms with Crippen LogP contribution >= 0.6 is 11.3 Å². The number of benzene rings is 1. The van der Waals surface area contributed by atoms with Gasteiger partial charge in [0.2, 0.25) is 10.7 Å². The summed E-state index contributed by atoms with van der Waals surface area (Å²) in [5.74, 6) is -0.697. The van der Waals surface area contributed by atoms with E-state index in [1.54, 1.807) is 12.1 Å². The largest absolute Gasteiger partial charge is 0.456 e. The Morgan fingerprint density at radius 2 is 2.00 bits per heavy atom. The second-order valence-electron chi connectivity index (χ2n) is 3.87. The number of aromatic nitrogens is 1. The third-order valence-electron chi connectivity index (χ3n) is 2.45. The molecule has 0 fully saturated rings. The van der Waals surface area contributed by atoms with Gasteiger partial charge in [0.15, 0.2) is 0 Å². The van der Waals surface area contributed by atoms with Gasteiger partial charge in [-0.2, -0.15) is 18.5 Å². The average molecular weight is 317 g/mol. The fraction of sp³-hybridized carbons (Fsp3) is 0.0909. The smallest absolute Gasteiger partial charge is 0.398 e. The first kappa shape index (κ1) is 14.9. The minimum Gasteiger partial charge on any atom is -0.398 e. The molecule has 110 valence electrons. The highest BCUT2D eigenvalue weighted by Gasteiger charge is 2.41. The predicted octanol–water partition coefficient (Wildman–Crippen LogP) is 2.81. The highest BCUT2D eigenvalue weighted by Crippen LogP contribution is 2.38. The Kier molecular flexibility index (Phi) is 3.89. The second-order valence-corrected chi connectivity index (χ2v) is 4.87. The lowest BCUT2D eigenvalue weighted by molar-refractivity contribution is -0.405. The lowest BCUT2D eigenvalue weighted by Crippen LogP contribution is -2.23. The van der Waals surface area contributed by atoms with Crippen LogP contribution in [0.25, 0.3) is 0 Å². The molecule has 1 heterocycles. The molecule has 0 aliphatic heterocycles. The normalized spacial score (nSPS) is 11.2. The Bertz CT molecular complexity index is 699. The Hall–Kier alpha value is -2.49. The molecule has 2 rings (SSSR count). The number of nitrogens with one attached hydrogen (secondary N) is 2. The van der Waals surface area contributed by atoms with Crippen LogP contribution in [0.1, 0.15) is 16.1 Å². The lowest BCUT2D eigenvalue weighted by atomic mass is 10.2. The van der Waals surface area contributed by atoms with Crippen LogP contribution < -0.4 is 16.0 Å². The zero-order valence-electron chi connectivity index (χ0n) is 10.2. The van der Waals surface area contributed by atoms with E-state index in [0.29, 0.717) is 11.3 Å². The van der Waals surface area contributed by atoms with Gasteiger partial charge in [0.1, 0.15) is 0 Å². The fourth-order valence-electron chi connectivity index (χ4n) is 1.53. The topological polar surface area (TPSA) is 98.7 Å². The summed E-state index contributed by atoms with van der Waals surface area (Å²) in [5, 5.41) is 3.46. The van der Waals surface area contributed by atoms with Gasteiger partial charge >= 0.3 is 17.2 Å². The molecule has 1 aromatic carbocycles. The third-order valence-corrected chi connectivity index (χ3v) is 3.33. The number of alkyl halides is 3. The molecular weight excluding hydrogens is 309 g/mol. The summed E-state index contributed by atoms with van der Waals surface area (Å²) in [6, 6.07) is 6.07. The molecule has 1 aromatic heterocycles. The number of H-pyrrole nitrogens is 1. The number of nitrogens with two attached hydrogens (primary N) is 1. The Morgan fingerprint density at radius 1 is 1.33 bits per heavy atom. The van der Waals surface area contributed by atoms with E-state index in [2.05, 4.69) is 10.5 Å². The second kappa shape index (κ2) is 5.48. The molecule has 0 aliphatic carbocycles. The summed E-state index contributed by atoms with van der Waals surface area (Å²) in [7, 11) is 0. The third kappa shape index (κ3) is 3.16. The van der Waals surface area contributed by atoms with Crippen molar-refractivity contribution in [1.82, 2.24) is 0 Å². The highest BCUT2D eigenvalue weighted by molar-refractivity contribution is 7.19. The van der Waals surface area contributed by atoms with E-state index in [0.717, 1.165) is 0 Å². The molecule has 0 bridgehead atoms. The summed E-state index contributed by atoms with van der Waals surface area (Å²) in [6.45, 7) is 0. The molecule has 1 amide bonds. The van der Waals surface area contributed by atoms with Gasteiger partial charge in [-0.1, -0.05) is 12.1 Å². The molecule has 10 heteroatoms. The van der Waals surface area contributed by atoms with Gasteiger partial charge in [0.05, 0.1) is 5.56 Å². The van der Waals surface area contributed by atoms with Crippen LogP contribution in [0.2, 0.25) is 0 Å². The first-order chi connectivity index (χ1) is 9.82. The zero-order chi connectivity index (χ0) is 15.6. The number of hydrogen-bond donors (Lipinski definition) is 2. The molecule has 0 radical (unpaired) electrons. The average Bonchev–Trinajstić information content (AvgIpc) is 2.82. The number of carbonyl (C=O) groups is 1. The van der Waals surface area contributed by atoms with Crippen molar-refractivity contribution in [3.8, 4) is 0 Å². The van der Waals surface area contributed by atoms with Crippen molar-refractivity contribution in [2.45, 2.75) is 6.18 Å². The molecular formula is C11H8F3N4O2S+. The Morgan fingerprint density at radius 3 is 2.52 bits per heavy atom. The summed E-state index contributed by atoms with van der Waals surface area (Å²) in [4.78, 5) is 24.2. The lowest BCUT2D eigenvalue weighted by Gasteiger charge is -2.00. The van der Waals surface area contributed by atoms with E-state index in [9.17, 15) is 22.9 Å². The number of nitrogen functional groups attached to an aromatic ring is 1. The molecule has 0 spiro atoms. The van der Waals surface area contributed by atoms with Crippen molar-refractivity contribution in [1.29, 1.82) is 0 Å². The molecule has 2 aromatic rings. The minimum atomic E-state index is -4.77. The number of para-hydroxylation sites is 1. The van der Waals surface area contributed by atoms with E-state index in [4.69, 9.17) is 5.73 Å². The first-order valence-corrected chi connectivity index (χ1v) is 6.27. The number of rotatable bonds is 3. The van der Waals surface area contributed by atoms with Crippen LogP contribution in [0.5, 0.6) is 0 Å². The number of nitrogens with zero attached hydrogens (tertiary/aromatic N) is 1. The summed E-state index contributed by atoms with van der Waals surface area (Å²) in [5.41, 5.74) is 4.57. The van der Waals surface area contributed by atoms with Crippen LogP contribution in [0.3, 0.4) is 0 Å². The molecule has 0 atom stereocenters. The predicted molar refractivity (Wildman–Crippen MR) is 70.1 cm³/mol. The Balaban J connectivity index is 2.29. The van der Waals surface area contributed by atoms with Crippen LogP contribution in [-0.2, 0) is 6.18 Å². The first-order valence-electron chi connectivity index (χ1n) is 5.45. The maximum atomic E-state index is 12.6. The molecule has 0 unspecified atom stereocenters. The van der Waals surface area contributed by atoms with E-state index in [1.165, 1.54) is 12.1 Å². The van der Waals surface area contributed by atoms with Crippen molar-refractivity contribution in [2.24, 2.45) is 5.18 Å². The van der Waals surface area contributed by atoms with Crippen LogP contribution in [0.4, 0.5) is 29.0 Å². The molecule has 4 N–H and O–H groups in total. The van der Waals surface area contributed by atoms with Crippen LogP contribution in [-0.4, -0.2) is 5.91 Å². The van der Waals surface area contributed by atoms with Gasteiger partial charge in [-0.15, -0.1) is 4.91 Å². The quantitative estimate of drug-likeness (QED) is 0.672. The van der Waals surface area contributed by atoms with Crippen LogP contribution in [0, 0.1) is 4.91 Å². The van der Waals surface area contributed by atoms with Crippen molar-refractivity contribution in [3.05, 3.63) is 40.4 Å². The van der Waals surface area contributed by atoms with Crippen molar-refractivity contribution in [2.75, 3.05) is 11.1 Å². The highest BCUT2D eigenvalue weighted by atomic mass is 32.1. The van der Waals surface area contributed by atoms with Gasteiger partial charge in [0, 0.05) is 5.69 Å². The van der Waals surface area contributed by atoms with Gasteiger partial charge in [-0.3, -0.25) is 0 Å². The van der Waals surface area contributed by atoms with E-state index in [1.807, 2.05) is 4.98 Å². The van der Waals surface area contributed by atoms with Gasteiger partial charge in [-0.25, -0.2) is 9.78 Å². The van der Waals surface area contributed by atoms with Gasteiger partial charge in [0.25, 0.3) is 0 Å². The van der Waals surface area contributed by atoms with E-state index >= 15 is 0 Å². The minimum absolute atomic E-state index is 0.105. The molecule has 6 nitrogen and oxygen atoms in total. The van der Waals surface area contributed by atoms with Crippen LogP contribution in [0.15, 0.2) is 29.4 Å². The maximum Gasteiger partial charge on any atom is 0.456 e. The fourth-order valence-corrected chi connectivity index (χ4v) is 2.32. The van der Waals surface area contributed by atoms with Crippen molar-refractivity contribution >= 4 is 33.1 Å². The van der Waals surface area contributed by atoms with Gasteiger partial charge < -0.3 is 5.73 Å². The number of amides is 1. The van der Waals surface area contributed by atoms with Crippen molar-refractivity contribution in [3.63, 3.8) is 0 Å². The summed E-state index contributed by atoms with van der Waals surface area (Å²) >= 11 is 0.388. The number of halogens is 3. The maximum absolute atomic E-state index is 12.6. The zero-order valence-corrected chi connectivity index (χ0v) is 11.0. The van der Waals surface area contributed by atoms with Gasteiger partial charge in [-0.05, 0) is 28.6 Å². The number of nitroso groups, excluding NO2 is 1. The number of thiazole rings is 1. The summed E-state index contributed by atoms with van der Waals surface area (Å²) < 4.78 is 37.9. The number of hydrogen-bond acceptors (Lipinski definition) is 5. The monoisotopic (exact) mass is 317 g/mol.